The van der Waals surface area contributed by atoms with Crippen molar-refractivity contribution >= 4 is 33.9 Å². The third-order valence-electron chi connectivity index (χ3n) is 3.28. The van der Waals surface area contributed by atoms with Crippen LogP contribution in [0.15, 0.2) is 24.3 Å². The van der Waals surface area contributed by atoms with E-state index in [0.717, 1.165) is 15.7 Å². The van der Waals surface area contributed by atoms with Crippen LogP contribution >= 0.6 is 0 Å². The van der Waals surface area contributed by atoms with Crippen molar-refractivity contribution in [3.05, 3.63) is 24.3 Å². The summed E-state index contributed by atoms with van der Waals surface area (Å²) in [6, 6.07) is 5.73. The topological polar surface area (TPSA) is 95.8 Å². The van der Waals surface area contributed by atoms with Gasteiger partial charge in [-0.2, -0.15) is 9.69 Å². The molecule has 2 rings (SSSR count). The lowest BCUT2D eigenvalue weighted by Gasteiger charge is -2.20. The van der Waals surface area contributed by atoms with E-state index in [0.29, 0.717) is 18.0 Å². The van der Waals surface area contributed by atoms with E-state index in [1.807, 2.05) is 6.92 Å². The number of amides is 3. The van der Waals surface area contributed by atoms with Crippen molar-refractivity contribution in [3.8, 4) is 5.75 Å². The van der Waals surface area contributed by atoms with E-state index in [1.54, 1.807) is 12.1 Å². The molecule has 0 radical (unpaired) electrons. The molecule has 8 nitrogen and oxygen atoms in total. The number of sulfonamides is 1. The molecule has 23 heavy (non-hydrogen) atoms. The summed E-state index contributed by atoms with van der Waals surface area (Å²) in [6.07, 6.45) is 1.08. The Morgan fingerprint density at radius 2 is 1.87 bits per heavy atom. The Labute approximate surface area is 134 Å². The summed E-state index contributed by atoms with van der Waals surface area (Å²) in [5.41, 5.74) is 0.303. The van der Waals surface area contributed by atoms with E-state index in [1.165, 1.54) is 26.2 Å². The summed E-state index contributed by atoms with van der Waals surface area (Å²) in [4.78, 5) is 24.5. The molecule has 0 aliphatic carbocycles. The number of nitrogens with zero attached hydrogens (tertiary/aromatic N) is 2. The van der Waals surface area contributed by atoms with Crippen LogP contribution in [0.3, 0.4) is 0 Å². The molecule has 1 N–H and O–H groups in total. The van der Waals surface area contributed by atoms with Gasteiger partial charge in [-0.1, -0.05) is 0 Å². The number of nitrogens with one attached hydrogen (secondary N) is 1. The minimum absolute atomic E-state index is 0.303. The average molecular weight is 340 g/mol. The maximum Gasteiger partial charge on any atom is 0.500 e. The second kappa shape index (κ2) is 6.37. The number of rotatable bonds is 5. The van der Waals surface area contributed by atoms with E-state index >= 15 is 0 Å². The first-order chi connectivity index (χ1) is 10.8. The van der Waals surface area contributed by atoms with Gasteiger partial charge in [0.05, 0.1) is 20.7 Å². The van der Waals surface area contributed by atoms with E-state index in [2.05, 4.69) is 4.72 Å². The SMILES string of the molecule is CCOc1ccc(NS(=O)(=O)C2C=[N+](C)C(=O)N(C)C2=O)cc1. The maximum absolute atomic E-state index is 12.4. The number of carbonyl (C=O) groups is 2. The van der Waals surface area contributed by atoms with Gasteiger partial charge in [-0.3, -0.25) is 4.72 Å². The van der Waals surface area contributed by atoms with E-state index < -0.39 is 27.2 Å². The molecule has 0 spiro atoms. The van der Waals surface area contributed by atoms with Crippen molar-refractivity contribution in [1.82, 2.24) is 4.90 Å². The second-order valence-electron chi connectivity index (χ2n) is 4.96. The van der Waals surface area contributed by atoms with Gasteiger partial charge < -0.3 is 4.74 Å². The summed E-state index contributed by atoms with van der Waals surface area (Å²) in [7, 11) is -1.39. The third-order valence-corrected chi connectivity index (χ3v) is 4.79. The van der Waals surface area contributed by atoms with Gasteiger partial charge in [0.15, 0.2) is 0 Å². The van der Waals surface area contributed by atoms with Crippen molar-refractivity contribution in [1.29, 1.82) is 0 Å². The van der Waals surface area contributed by atoms with E-state index in [9.17, 15) is 18.0 Å². The van der Waals surface area contributed by atoms with Crippen molar-refractivity contribution in [3.63, 3.8) is 0 Å². The number of anilines is 1. The Bertz CT molecular complexity index is 755. The van der Waals surface area contributed by atoms with Crippen LogP contribution in [-0.2, 0) is 14.8 Å². The molecule has 0 aromatic heterocycles. The molecule has 1 unspecified atom stereocenters. The fraction of sp³-hybridized carbons (Fsp3) is 0.357. The summed E-state index contributed by atoms with van der Waals surface area (Å²) in [6.45, 7) is 2.35. The molecule has 0 fully saturated rings. The molecular formula is C14H18N3O5S+. The smallest absolute Gasteiger partial charge is 0.494 e. The van der Waals surface area contributed by atoms with Crippen molar-refractivity contribution in [2.24, 2.45) is 0 Å². The van der Waals surface area contributed by atoms with Crippen LogP contribution in [0.4, 0.5) is 10.5 Å². The number of hydrogen-bond acceptors (Lipinski definition) is 5. The highest BCUT2D eigenvalue weighted by Crippen LogP contribution is 2.19. The number of hydrogen-bond donors (Lipinski definition) is 1. The lowest BCUT2D eigenvalue weighted by Crippen LogP contribution is -2.54. The quantitative estimate of drug-likeness (QED) is 0.788. The Kier molecular flexibility index (Phi) is 4.69. The van der Waals surface area contributed by atoms with Gasteiger partial charge in [-0.25, -0.2) is 17.8 Å². The Morgan fingerprint density at radius 3 is 2.43 bits per heavy atom. The van der Waals surface area contributed by atoms with Gasteiger partial charge in [0.2, 0.25) is 5.25 Å². The Balaban J connectivity index is 2.24. The minimum atomic E-state index is -4.03. The van der Waals surface area contributed by atoms with E-state index in [4.69, 9.17) is 4.74 Å². The lowest BCUT2D eigenvalue weighted by atomic mass is 10.3. The molecule has 1 atom stereocenters. The van der Waals surface area contributed by atoms with Crippen molar-refractivity contribution in [2.45, 2.75) is 12.2 Å². The summed E-state index contributed by atoms with van der Waals surface area (Å²) >= 11 is 0. The fourth-order valence-corrected chi connectivity index (χ4v) is 3.44. The number of urea groups is 1. The molecule has 1 aliphatic rings. The molecule has 0 bridgehead atoms. The molecule has 1 heterocycles. The normalized spacial score (nSPS) is 18.7. The van der Waals surface area contributed by atoms with Gasteiger partial charge in [0, 0.05) is 5.69 Å². The first-order valence-electron chi connectivity index (χ1n) is 6.90. The Morgan fingerprint density at radius 1 is 1.26 bits per heavy atom. The van der Waals surface area contributed by atoms with Gasteiger partial charge in [0.1, 0.15) is 12.0 Å². The third kappa shape index (κ3) is 3.50. The van der Waals surface area contributed by atoms with Crippen LogP contribution in [0.2, 0.25) is 0 Å². The fourth-order valence-electron chi connectivity index (χ4n) is 2.08. The second-order valence-corrected chi connectivity index (χ2v) is 6.77. The van der Waals surface area contributed by atoms with Crippen molar-refractivity contribution < 1.29 is 27.3 Å². The van der Waals surface area contributed by atoms with Gasteiger partial charge in [0.25, 0.3) is 10.0 Å². The molecule has 1 aromatic carbocycles. The van der Waals surface area contributed by atoms with Crippen LogP contribution in [0.1, 0.15) is 6.92 Å². The number of benzene rings is 1. The molecule has 3 amide bonds. The summed E-state index contributed by atoms with van der Waals surface area (Å²) in [5, 5.41) is -1.47. The molecular weight excluding hydrogens is 322 g/mol. The Hall–Kier alpha value is -2.42. The largest absolute Gasteiger partial charge is 0.500 e. The van der Waals surface area contributed by atoms with Gasteiger partial charge >= 0.3 is 11.9 Å². The van der Waals surface area contributed by atoms with Crippen LogP contribution in [0.5, 0.6) is 5.75 Å². The van der Waals surface area contributed by atoms with Gasteiger partial charge in [-0.05, 0) is 31.2 Å². The van der Waals surface area contributed by atoms with Crippen molar-refractivity contribution in [2.75, 3.05) is 25.4 Å². The maximum atomic E-state index is 12.4. The summed E-state index contributed by atoms with van der Waals surface area (Å²) in [5.74, 6) is -0.188. The number of imide groups is 1. The summed E-state index contributed by atoms with van der Waals surface area (Å²) < 4.78 is 33.5. The standard InChI is InChI=1S/C14H18N3O5S/c1-4-22-11-7-5-10(6-8-11)15-23(20,21)12-9-16(2)14(19)17(3)13(12)18/h5-9,12,15H,4H2,1-3H3/q+1. The van der Waals surface area contributed by atoms with Crippen LogP contribution in [0.25, 0.3) is 0 Å². The highest BCUT2D eigenvalue weighted by molar-refractivity contribution is 7.94. The first-order valence-corrected chi connectivity index (χ1v) is 8.44. The molecule has 1 aliphatic heterocycles. The molecule has 1 aromatic rings. The number of ether oxygens (including phenoxy) is 1. The monoisotopic (exact) mass is 340 g/mol. The predicted molar refractivity (Wildman–Crippen MR) is 84.4 cm³/mol. The number of carbonyl (C=O) groups excluding carboxylic acids is 2. The average Bonchev–Trinajstić information content (AvgIpc) is 2.50. The zero-order valence-corrected chi connectivity index (χ0v) is 13.8. The van der Waals surface area contributed by atoms with Crippen LogP contribution in [0, 0.1) is 0 Å². The lowest BCUT2D eigenvalue weighted by molar-refractivity contribution is -0.399. The van der Waals surface area contributed by atoms with E-state index in [-0.39, 0.29) is 0 Å². The molecule has 9 heteroatoms. The predicted octanol–water partition coefficient (Wildman–Crippen LogP) is 0.501. The molecule has 0 saturated carbocycles. The zero-order valence-electron chi connectivity index (χ0n) is 13.0. The van der Waals surface area contributed by atoms with Gasteiger partial charge in [-0.15, -0.1) is 0 Å². The molecule has 124 valence electrons. The minimum Gasteiger partial charge on any atom is -0.494 e. The molecule has 0 saturated heterocycles. The first kappa shape index (κ1) is 16.9. The van der Waals surface area contributed by atoms with Crippen LogP contribution in [-0.4, -0.2) is 62.0 Å². The zero-order chi connectivity index (χ0) is 17.2. The highest BCUT2D eigenvalue weighted by atomic mass is 32.2. The highest BCUT2D eigenvalue weighted by Gasteiger charge is 2.46. The van der Waals surface area contributed by atoms with Crippen LogP contribution < -0.4 is 9.46 Å².